The highest BCUT2D eigenvalue weighted by Crippen LogP contribution is 2.33. The van der Waals surface area contributed by atoms with Gasteiger partial charge in [-0.15, -0.1) is 0 Å². The molecule has 0 atom stereocenters. The van der Waals surface area contributed by atoms with Crippen molar-refractivity contribution >= 4 is 22.5 Å². The molecule has 0 N–H and O–H groups in total. The molecule has 0 saturated carbocycles. The lowest BCUT2D eigenvalue weighted by Crippen LogP contribution is -2.21. The number of fused-ring (bicyclic) bond motifs is 4. The van der Waals surface area contributed by atoms with Crippen molar-refractivity contribution in [2.45, 2.75) is 7.43 Å². The van der Waals surface area contributed by atoms with E-state index in [9.17, 15) is 9.59 Å². The van der Waals surface area contributed by atoms with Crippen molar-refractivity contribution < 1.29 is 9.59 Å². The van der Waals surface area contributed by atoms with Crippen LogP contribution in [0.15, 0.2) is 54.6 Å². The van der Waals surface area contributed by atoms with E-state index in [2.05, 4.69) is 4.98 Å². The Morgan fingerprint density at radius 1 is 0.714 bits per heavy atom. The van der Waals surface area contributed by atoms with Crippen molar-refractivity contribution in [2.24, 2.45) is 0 Å². The van der Waals surface area contributed by atoms with Gasteiger partial charge in [-0.1, -0.05) is 49.9 Å². The molecule has 3 nitrogen and oxygen atoms in total. The summed E-state index contributed by atoms with van der Waals surface area (Å²) in [4.78, 5) is 28.9. The fourth-order valence-electron chi connectivity index (χ4n) is 2.63. The van der Waals surface area contributed by atoms with Crippen LogP contribution in [0.2, 0.25) is 0 Å². The molecule has 0 bridgehead atoms. The minimum Gasteiger partial charge on any atom is -0.285 e. The summed E-state index contributed by atoms with van der Waals surface area (Å²) in [6, 6.07) is 16.5. The van der Waals surface area contributed by atoms with Crippen LogP contribution in [0, 0.1) is 0 Å². The van der Waals surface area contributed by atoms with Crippen LogP contribution in [0.1, 0.15) is 28.1 Å². The van der Waals surface area contributed by atoms with Crippen LogP contribution in [0.4, 0.5) is 0 Å². The van der Waals surface area contributed by atoms with Gasteiger partial charge in [-0.3, -0.25) is 9.59 Å². The SMILES string of the molecule is C.O=C1C(=O)c2cc3ccccc3nc2-c2ccccc21. The molecule has 2 aromatic carbocycles. The first kappa shape index (κ1) is 13.2. The third-order valence-electron chi connectivity index (χ3n) is 3.60. The van der Waals surface area contributed by atoms with Gasteiger partial charge in [0, 0.05) is 16.5 Å². The van der Waals surface area contributed by atoms with Crippen molar-refractivity contribution in [3.05, 3.63) is 65.7 Å². The van der Waals surface area contributed by atoms with Crippen LogP contribution in [0.25, 0.3) is 22.2 Å². The summed E-state index contributed by atoms with van der Waals surface area (Å²) < 4.78 is 0. The number of ketones is 2. The number of Topliss-reactive ketones (excluding diaryl/α,β-unsaturated/α-hetero) is 2. The van der Waals surface area contributed by atoms with E-state index in [-0.39, 0.29) is 7.43 Å². The minimum absolute atomic E-state index is 0. The van der Waals surface area contributed by atoms with Gasteiger partial charge in [-0.25, -0.2) is 4.98 Å². The van der Waals surface area contributed by atoms with Crippen molar-refractivity contribution in [1.29, 1.82) is 0 Å². The molecule has 0 fully saturated rings. The first-order chi connectivity index (χ1) is 9.75. The molecule has 4 rings (SSSR count). The molecule has 0 amide bonds. The number of pyridine rings is 1. The quantitative estimate of drug-likeness (QED) is 0.584. The Balaban J connectivity index is 0.00000132. The molecule has 1 aliphatic rings. The summed E-state index contributed by atoms with van der Waals surface area (Å²) in [5, 5.41) is 0.867. The first-order valence-corrected chi connectivity index (χ1v) is 6.34. The Morgan fingerprint density at radius 2 is 1.33 bits per heavy atom. The molecule has 0 aliphatic heterocycles. The predicted molar refractivity (Wildman–Crippen MR) is 82.6 cm³/mol. The van der Waals surface area contributed by atoms with Crippen molar-refractivity contribution in [2.75, 3.05) is 0 Å². The average molecular weight is 275 g/mol. The van der Waals surface area contributed by atoms with Crippen molar-refractivity contribution in [1.82, 2.24) is 4.98 Å². The molecule has 0 radical (unpaired) electrons. The van der Waals surface area contributed by atoms with Gasteiger partial charge in [0.1, 0.15) is 0 Å². The molecular formula is C18H13NO2. The van der Waals surface area contributed by atoms with Gasteiger partial charge < -0.3 is 0 Å². The summed E-state index contributed by atoms with van der Waals surface area (Å²) in [7, 11) is 0. The molecule has 3 aromatic rings. The topological polar surface area (TPSA) is 47.0 Å². The van der Waals surface area contributed by atoms with Gasteiger partial charge >= 0.3 is 0 Å². The zero-order valence-corrected chi connectivity index (χ0v) is 10.5. The number of rotatable bonds is 0. The summed E-state index contributed by atoms with van der Waals surface area (Å²) in [5.74, 6) is -0.929. The van der Waals surface area contributed by atoms with E-state index in [1.54, 1.807) is 18.2 Å². The van der Waals surface area contributed by atoms with Crippen LogP contribution in [-0.2, 0) is 0 Å². The van der Waals surface area contributed by atoms with E-state index < -0.39 is 11.6 Å². The maximum absolute atomic E-state index is 12.2. The molecule has 21 heavy (non-hydrogen) atoms. The Hall–Kier alpha value is -2.81. The van der Waals surface area contributed by atoms with Crippen molar-refractivity contribution in [3.63, 3.8) is 0 Å². The van der Waals surface area contributed by atoms with E-state index >= 15 is 0 Å². The smallest absolute Gasteiger partial charge is 0.235 e. The number of aromatic nitrogens is 1. The number of para-hydroxylation sites is 1. The van der Waals surface area contributed by atoms with Crippen LogP contribution in [0.3, 0.4) is 0 Å². The van der Waals surface area contributed by atoms with Gasteiger partial charge in [-0.05, 0) is 12.1 Å². The Morgan fingerprint density at radius 3 is 2.14 bits per heavy atom. The lowest BCUT2D eigenvalue weighted by Gasteiger charge is -2.17. The molecule has 1 aliphatic carbocycles. The Bertz CT molecular complexity index is 897. The molecular weight excluding hydrogens is 262 g/mol. The molecule has 102 valence electrons. The molecule has 0 saturated heterocycles. The minimum atomic E-state index is -0.475. The highest BCUT2D eigenvalue weighted by Gasteiger charge is 2.31. The first-order valence-electron chi connectivity index (χ1n) is 6.34. The second-order valence-electron chi connectivity index (χ2n) is 4.78. The average Bonchev–Trinajstić information content (AvgIpc) is 2.51. The van der Waals surface area contributed by atoms with E-state index in [0.717, 1.165) is 16.5 Å². The van der Waals surface area contributed by atoms with Crippen LogP contribution in [0.5, 0.6) is 0 Å². The highest BCUT2D eigenvalue weighted by molar-refractivity contribution is 6.53. The third kappa shape index (κ3) is 1.78. The number of hydrogen-bond donors (Lipinski definition) is 0. The molecule has 1 heterocycles. The predicted octanol–water partition coefficient (Wildman–Crippen LogP) is 3.92. The van der Waals surface area contributed by atoms with E-state index in [1.165, 1.54) is 0 Å². The van der Waals surface area contributed by atoms with Gasteiger partial charge in [0.2, 0.25) is 11.6 Å². The lowest BCUT2D eigenvalue weighted by atomic mass is 9.86. The van der Waals surface area contributed by atoms with Crippen LogP contribution >= 0.6 is 0 Å². The summed E-state index contributed by atoms with van der Waals surface area (Å²) >= 11 is 0. The van der Waals surface area contributed by atoms with E-state index in [0.29, 0.717) is 16.8 Å². The normalized spacial score (nSPS) is 12.6. The molecule has 0 spiro atoms. The van der Waals surface area contributed by atoms with Crippen LogP contribution in [-0.4, -0.2) is 16.6 Å². The van der Waals surface area contributed by atoms with Gasteiger partial charge in [0.05, 0.1) is 16.8 Å². The summed E-state index contributed by atoms with van der Waals surface area (Å²) in [5.41, 5.74) is 2.99. The monoisotopic (exact) mass is 275 g/mol. The largest absolute Gasteiger partial charge is 0.285 e. The Kier molecular flexibility index (Phi) is 2.91. The lowest BCUT2D eigenvalue weighted by molar-refractivity contribution is 0.0815. The van der Waals surface area contributed by atoms with Gasteiger partial charge in [-0.2, -0.15) is 0 Å². The maximum Gasteiger partial charge on any atom is 0.235 e. The second kappa shape index (κ2) is 4.63. The molecule has 1 aromatic heterocycles. The highest BCUT2D eigenvalue weighted by atomic mass is 16.2. The summed E-state index contributed by atoms with van der Waals surface area (Å²) in [6.07, 6.45) is 0. The number of benzene rings is 2. The fourth-order valence-corrected chi connectivity index (χ4v) is 2.63. The third-order valence-corrected chi connectivity index (χ3v) is 3.60. The second-order valence-corrected chi connectivity index (χ2v) is 4.78. The number of hydrogen-bond acceptors (Lipinski definition) is 3. The number of carbonyl (C=O) groups excluding carboxylic acids is 2. The standard InChI is InChI=1S/C17H9NO2.CH4/c19-16-12-7-3-2-6-11(12)15-13(17(16)20)9-10-5-1-4-8-14(10)18-15;/h1-9H;1H4. The van der Waals surface area contributed by atoms with E-state index in [1.807, 2.05) is 36.4 Å². The van der Waals surface area contributed by atoms with Crippen LogP contribution < -0.4 is 0 Å². The molecule has 0 unspecified atom stereocenters. The number of carbonyl (C=O) groups is 2. The van der Waals surface area contributed by atoms with Gasteiger partial charge in [0.15, 0.2) is 0 Å². The van der Waals surface area contributed by atoms with Crippen molar-refractivity contribution in [3.8, 4) is 11.3 Å². The fraction of sp³-hybridized carbons (Fsp3) is 0.0556. The summed E-state index contributed by atoms with van der Waals surface area (Å²) in [6.45, 7) is 0. The Labute approximate surface area is 122 Å². The molecule has 3 heteroatoms. The number of nitrogens with zero attached hydrogens (tertiary/aromatic N) is 1. The van der Waals surface area contributed by atoms with Gasteiger partial charge in [0.25, 0.3) is 0 Å². The zero-order valence-electron chi connectivity index (χ0n) is 10.5. The maximum atomic E-state index is 12.2. The zero-order chi connectivity index (χ0) is 13.7. The van der Waals surface area contributed by atoms with E-state index in [4.69, 9.17) is 0 Å².